The maximum Gasteiger partial charge on any atom is 0.240 e. The highest BCUT2D eigenvalue weighted by Crippen LogP contribution is 2.30. The molecule has 1 atom stereocenters. The van der Waals surface area contributed by atoms with Crippen LogP contribution in [0, 0.1) is 0 Å². The van der Waals surface area contributed by atoms with Crippen molar-refractivity contribution < 1.29 is 4.79 Å². The molecule has 0 radical (unpaired) electrons. The Kier molecular flexibility index (Phi) is 4.77. The van der Waals surface area contributed by atoms with Crippen molar-refractivity contribution in [3.8, 4) is 0 Å². The topological polar surface area (TPSA) is 77.1 Å². The number of hydrogen-bond donors (Lipinski definition) is 2. The first-order valence-electron chi connectivity index (χ1n) is 9.35. The standard InChI is InChI=1S/C22H23N3O2/c23-13-15-8-9-17-16(12-15)4-3-6-19(17)24-22(27)14-25-11-10-21(26)18-5-1-2-7-20(18)25/h1-2,5,7-12,19H,3-4,6,13-14,23H2,(H,24,27). The molecule has 1 aliphatic rings. The summed E-state index contributed by atoms with van der Waals surface area (Å²) in [5.41, 5.74) is 10.1. The molecular weight excluding hydrogens is 338 g/mol. The fourth-order valence-electron chi connectivity index (χ4n) is 3.94. The number of pyridine rings is 1. The van der Waals surface area contributed by atoms with Crippen LogP contribution in [0.3, 0.4) is 0 Å². The van der Waals surface area contributed by atoms with E-state index >= 15 is 0 Å². The van der Waals surface area contributed by atoms with Crippen LogP contribution in [0.1, 0.15) is 35.6 Å². The monoisotopic (exact) mass is 361 g/mol. The van der Waals surface area contributed by atoms with Gasteiger partial charge in [0.1, 0.15) is 6.54 Å². The van der Waals surface area contributed by atoms with Crippen molar-refractivity contribution in [3.63, 3.8) is 0 Å². The van der Waals surface area contributed by atoms with Crippen LogP contribution in [0.5, 0.6) is 0 Å². The molecule has 0 fully saturated rings. The van der Waals surface area contributed by atoms with E-state index < -0.39 is 0 Å². The number of fused-ring (bicyclic) bond motifs is 2. The molecule has 138 valence electrons. The molecule has 4 rings (SSSR count). The minimum Gasteiger partial charge on any atom is -0.348 e. The van der Waals surface area contributed by atoms with Crippen molar-refractivity contribution in [2.75, 3.05) is 0 Å². The lowest BCUT2D eigenvalue weighted by Gasteiger charge is -2.27. The molecule has 1 aromatic heterocycles. The number of nitrogens with two attached hydrogens (primary N) is 1. The minimum atomic E-state index is -0.0513. The van der Waals surface area contributed by atoms with Crippen LogP contribution >= 0.6 is 0 Å². The molecule has 0 saturated carbocycles. The molecule has 1 aliphatic carbocycles. The predicted molar refractivity (Wildman–Crippen MR) is 106 cm³/mol. The normalized spacial score (nSPS) is 16.1. The molecule has 5 nitrogen and oxygen atoms in total. The Balaban J connectivity index is 1.55. The van der Waals surface area contributed by atoms with Crippen molar-refractivity contribution in [2.45, 2.75) is 38.4 Å². The number of benzene rings is 2. The molecule has 27 heavy (non-hydrogen) atoms. The highest BCUT2D eigenvalue weighted by molar-refractivity contribution is 5.82. The zero-order chi connectivity index (χ0) is 18.8. The molecule has 3 N–H and O–H groups in total. The number of nitrogens with one attached hydrogen (secondary N) is 1. The molecule has 1 amide bonds. The third-order valence-corrected chi connectivity index (χ3v) is 5.29. The Bertz CT molecular complexity index is 1050. The molecule has 1 unspecified atom stereocenters. The lowest BCUT2D eigenvalue weighted by molar-refractivity contribution is -0.122. The summed E-state index contributed by atoms with van der Waals surface area (Å²) in [5.74, 6) is -0.0513. The smallest absolute Gasteiger partial charge is 0.240 e. The van der Waals surface area contributed by atoms with E-state index in [0.29, 0.717) is 11.9 Å². The summed E-state index contributed by atoms with van der Waals surface area (Å²) in [4.78, 5) is 24.7. The van der Waals surface area contributed by atoms with Gasteiger partial charge in [0.15, 0.2) is 5.43 Å². The van der Waals surface area contributed by atoms with Gasteiger partial charge in [-0.2, -0.15) is 0 Å². The van der Waals surface area contributed by atoms with Crippen LogP contribution in [-0.2, 0) is 24.3 Å². The molecule has 0 bridgehead atoms. The number of rotatable bonds is 4. The van der Waals surface area contributed by atoms with Gasteiger partial charge in [-0.1, -0.05) is 30.3 Å². The number of carbonyl (C=O) groups is 1. The van der Waals surface area contributed by atoms with Crippen LogP contribution in [0.15, 0.2) is 59.5 Å². The first-order valence-corrected chi connectivity index (χ1v) is 9.35. The summed E-state index contributed by atoms with van der Waals surface area (Å²) in [6, 6.07) is 15.2. The summed E-state index contributed by atoms with van der Waals surface area (Å²) < 4.78 is 1.83. The number of amides is 1. The Morgan fingerprint density at radius 2 is 2.04 bits per heavy atom. The van der Waals surface area contributed by atoms with Gasteiger partial charge in [0.05, 0.1) is 11.6 Å². The van der Waals surface area contributed by atoms with Crippen molar-refractivity contribution in [1.29, 1.82) is 0 Å². The van der Waals surface area contributed by atoms with Crippen molar-refractivity contribution in [1.82, 2.24) is 9.88 Å². The number of carbonyl (C=O) groups excluding carboxylic acids is 1. The number of aryl methyl sites for hydroxylation is 1. The Labute approximate surface area is 157 Å². The van der Waals surface area contributed by atoms with Crippen LogP contribution in [0.25, 0.3) is 10.9 Å². The fraction of sp³-hybridized carbons (Fsp3) is 0.273. The van der Waals surface area contributed by atoms with Crippen molar-refractivity contribution in [2.24, 2.45) is 5.73 Å². The molecule has 0 spiro atoms. The molecular formula is C22H23N3O2. The van der Waals surface area contributed by atoms with Gasteiger partial charge in [-0.3, -0.25) is 9.59 Å². The Hall–Kier alpha value is -2.92. The predicted octanol–water partition coefficient (Wildman–Crippen LogP) is 2.65. The van der Waals surface area contributed by atoms with Crippen LogP contribution in [0.2, 0.25) is 0 Å². The number of hydrogen-bond acceptors (Lipinski definition) is 3. The van der Waals surface area contributed by atoms with E-state index in [0.717, 1.165) is 30.3 Å². The van der Waals surface area contributed by atoms with E-state index in [9.17, 15) is 9.59 Å². The SMILES string of the molecule is NCc1ccc2c(c1)CCCC2NC(=O)Cn1ccc(=O)c2ccccc21. The summed E-state index contributed by atoms with van der Waals surface area (Å²) >= 11 is 0. The third kappa shape index (κ3) is 3.51. The molecule has 3 aromatic rings. The second-order valence-electron chi connectivity index (χ2n) is 7.07. The van der Waals surface area contributed by atoms with Gasteiger partial charge in [0, 0.05) is 24.2 Å². The molecule has 1 heterocycles. The minimum absolute atomic E-state index is 0.0266. The first-order chi connectivity index (χ1) is 13.2. The van der Waals surface area contributed by atoms with Gasteiger partial charge in [0.2, 0.25) is 5.91 Å². The van der Waals surface area contributed by atoms with Gasteiger partial charge in [-0.15, -0.1) is 0 Å². The zero-order valence-electron chi connectivity index (χ0n) is 15.2. The van der Waals surface area contributed by atoms with Crippen LogP contribution < -0.4 is 16.5 Å². The average Bonchev–Trinajstić information content (AvgIpc) is 2.70. The van der Waals surface area contributed by atoms with Gasteiger partial charge in [0.25, 0.3) is 0 Å². The van der Waals surface area contributed by atoms with Crippen LogP contribution in [-0.4, -0.2) is 10.5 Å². The van der Waals surface area contributed by atoms with E-state index in [-0.39, 0.29) is 23.9 Å². The van der Waals surface area contributed by atoms with Gasteiger partial charge < -0.3 is 15.6 Å². The van der Waals surface area contributed by atoms with E-state index in [1.165, 1.54) is 17.2 Å². The molecule has 0 saturated heterocycles. The lowest BCUT2D eigenvalue weighted by Crippen LogP contribution is -2.33. The summed E-state index contributed by atoms with van der Waals surface area (Å²) in [7, 11) is 0. The largest absolute Gasteiger partial charge is 0.348 e. The van der Waals surface area contributed by atoms with Gasteiger partial charge >= 0.3 is 0 Å². The fourth-order valence-corrected chi connectivity index (χ4v) is 3.94. The first kappa shape index (κ1) is 17.5. The summed E-state index contributed by atoms with van der Waals surface area (Å²) in [6.07, 6.45) is 4.70. The second-order valence-corrected chi connectivity index (χ2v) is 7.07. The van der Waals surface area contributed by atoms with Gasteiger partial charge in [-0.25, -0.2) is 0 Å². The highest BCUT2D eigenvalue weighted by atomic mass is 16.2. The number of aromatic nitrogens is 1. The number of nitrogens with zero attached hydrogens (tertiary/aromatic N) is 1. The number of para-hydroxylation sites is 1. The van der Waals surface area contributed by atoms with Gasteiger partial charge in [-0.05, 0) is 48.1 Å². The van der Waals surface area contributed by atoms with E-state index in [1.54, 1.807) is 12.3 Å². The zero-order valence-corrected chi connectivity index (χ0v) is 15.2. The molecule has 0 aliphatic heterocycles. The maximum absolute atomic E-state index is 12.7. The molecule has 5 heteroatoms. The van der Waals surface area contributed by atoms with Crippen molar-refractivity contribution in [3.05, 3.63) is 81.6 Å². The van der Waals surface area contributed by atoms with Crippen LogP contribution in [0.4, 0.5) is 0 Å². The quantitative estimate of drug-likeness (QED) is 0.750. The Morgan fingerprint density at radius 3 is 2.89 bits per heavy atom. The molecule has 2 aromatic carbocycles. The maximum atomic E-state index is 12.7. The Morgan fingerprint density at radius 1 is 1.19 bits per heavy atom. The van der Waals surface area contributed by atoms with E-state index in [2.05, 4.69) is 17.4 Å². The summed E-state index contributed by atoms with van der Waals surface area (Å²) in [6.45, 7) is 0.719. The summed E-state index contributed by atoms with van der Waals surface area (Å²) in [5, 5.41) is 3.80. The van der Waals surface area contributed by atoms with Crippen molar-refractivity contribution >= 4 is 16.8 Å². The lowest BCUT2D eigenvalue weighted by atomic mass is 9.86. The average molecular weight is 361 g/mol. The third-order valence-electron chi connectivity index (χ3n) is 5.29. The van der Waals surface area contributed by atoms with E-state index in [1.807, 2.05) is 28.8 Å². The second kappa shape index (κ2) is 7.37. The van der Waals surface area contributed by atoms with E-state index in [4.69, 9.17) is 5.73 Å². The highest BCUT2D eigenvalue weighted by Gasteiger charge is 2.22.